The van der Waals surface area contributed by atoms with Crippen molar-refractivity contribution in [3.63, 3.8) is 0 Å². The van der Waals surface area contributed by atoms with Crippen LogP contribution in [-0.2, 0) is 4.74 Å². The number of benzene rings is 1. The summed E-state index contributed by atoms with van der Waals surface area (Å²) in [5.74, 6) is 1.57. The largest absolute Gasteiger partial charge is 0.490 e. The van der Waals surface area contributed by atoms with E-state index in [9.17, 15) is 4.79 Å². The Bertz CT molecular complexity index is 552. The number of carbonyl (C=O) groups excluding carboxylic acids is 1. The molecule has 1 amide bonds. The van der Waals surface area contributed by atoms with Gasteiger partial charge in [-0.1, -0.05) is 0 Å². The second-order valence-electron chi connectivity index (χ2n) is 6.07. The Morgan fingerprint density at radius 2 is 1.48 bits per heavy atom. The minimum atomic E-state index is -0.0491. The second kappa shape index (κ2) is 8.94. The lowest BCUT2D eigenvalue weighted by Crippen LogP contribution is -2.48. The molecule has 1 fully saturated rings. The van der Waals surface area contributed by atoms with Gasteiger partial charge in [0.05, 0.1) is 32.0 Å². The molecule has 1 saturated heterocycles. The molecule has 0 aromatic heterocycles. The maximum absolute atomic E-state index is 13.0. The van der Waals surface area contributed by atoms with E-state index in [0.29, 0.717) is 55.7 Å². The van der Waals surface area contributed by atoms with Crippen molar-refractivity contribution in [2.45, 2.75) is 46.8 Å². The molecule has 1 aliphatic heterocycles. The van der Waals surface area contributed by atoms with Crippen LogP contribution in [0.3, 0.4) is 0 Å². The number of ether oxygens (including phenoxy) is 4. The Kier molecular flexibility index (Phi) is 6.93. The highest BCUT2D eigenvalue weighted by molar-refractivity contribution is 5.95. The van der Waals surface area contributed by atoms with E-state index in [-0.39, 0.29) is 18.1 Å². The zero-order valence-corrected chi connectivity index (χ0v) is 15.8. The third kappa shape index (κ3) is 4.78. The van der Waals surface area contributed by atoms with Gasteiger partial charge in [-0.25, -0.2) is 0 Å². The van der Waals surface area contributed by atoms with E-state index in [4.69, 9.17) is 18.9 Å². The Hall–Kier alpha value is -1.95. The minimum Gasteiger partial charge on any atom is -0.490 e. The highest BCUT2D eigenvalue weighted by Crippen LogP contribution is 2.39. The molecule has 0 bridgehead atoms. The molecule has 1 aromatic rings. The first-order chi connectivity index (χ1) is 12.0. The van der Waals surface area contributed by atoms with Crippen molar-refractivity contribution in [2.24, 2.45) is 0 Å². The van der Waals surface area contributed by atoms with Crippen LogP contribution in [0.2, 0.25) is 0 Å². The first-order valence-corrected chi connectivity index (χ1v) is 9.01. The lowest BCUT2D eigenvalue weighted by Gasteiger charge is -2.35. The molecule has 25 heavy (non-hydrogen) atoms. The van der Waals surface area contributed by atoms with Crippen molar-refractivity contribution in [1.82, 2.24) is 4.90 Å². The summed E-state index contributed by atoms with van der Waals surface area (Å²) >= 11 is 0. The average Bonchev–Trinajstić information content (AvgIpc) is 2.56. The molecule has 1 aliphatic rings. The van der Waals surface area contributed by atoms with Crippen molar-refractivity contribution >= 4 is 5.91 Å². The van der Waals surface area contributed by atoms with Gasteiger partial charge in [0.1, 0.15) is 0 Å². The van der Waals surface area contributed by atoms with Gasteiger partial charge in [0.15, 0.2) is 11.5 Å². The minimum absolute atomic E-state index is 0.0214. The molecule has 1 aromatic carbocycles. The smallest absolute Gasteiger partial charge is 0.254 e. The molecule has 0 N–H and O–H groups in total. The number of amides is 1. The zero-order valence-electron chi connectivity index (χ0n) is 15.8. The fourth-order valence-electron chi connectivity index (χ4n) is 3.04. The highest BCUT2D eigenvalue weighted by Gasteiger charge is 2.28. The number of rotatable bonds is 7. The van der Waals surface area contributed by atoms with E-state index < -0.39 is 0 Å². The Labute approximate surface area is 150 Å². The van der Waals surface area contributed by atoms with Crippen molar-refractivity contribution in [3.8, 4) is 17.2 Å². The van der Waals surface area contributed by atoms with Crippen molar-refractivity contribution in [2.75, 3.05) is 32.9 Å². The van der Waals surface area contributed by atoms with E-state index in [1.807, 2.05) is 39.5 Å². The molecule has 0 saturated carbocycles. The lowest BCUT2D eigenvalue weighted by molar-refractivity contribution is -0.0586. The summed E-state index contributed by atoms with van der Waals surface area (Å²) in [6.07, 6.45) is 0.0428. The van der Waals surface area contributed by atoms with Gasteiger partial charge in [-0.15, -0.1) is 0 Å². The summed E-state index contributed by atoms with van der Waals surface area (Å²) in [5, 5.41) is 0. The van der Waals surface area contributed by atoms with Gasteiger partial charge >= 0.3 is 0 Å². The second-order valence-corrected chi connectivity index (χ2v) is 6.07. The average molecular weight is 351 g/mol. The first kappa shape index (κ1) is 19.4. The van der Waals surface area contributed by atoms with E-state index in [1.165, 1.54) is 0 Å². The quantitative estimate of drug-likeness (QED) is 0.755. The standard InChI is InChI=1S/C19H29NO5/c1-6-22-16-9-15(10-17(23-7-2)18(16)24-8-3)19(21)20-11-13(4)25-14(5)12-20/h9-10,13-14H,6-8,11-12H2,1-5H3/t13-,14-/m1/s1. The van der Waals surface area contributed by atoms with E-state index in [0.717, 1.165) is 0 Å². The molecule has 0 aliphatic carbocycles. The molecule has 0 radical (unpaired) electrons. The summed E-state index contributed by atoms with van der Waals surface area (Å²) < 4.78 is 22.8. The molecular formula is C19H29NO5. The lowest BCUT2D eigenvalue weighted by atomic mass is 10.1. The third-order valence-electron chi connectivity index (χ3n) is 3.86. The van der Waals surface area contributed by atoms with Crippen molar-refractivity contribution in [1.29, 1.82) is 0 Å². The summed E-state index contributed by atoms with van der Waals surface area (Å²) in [6.45, 7) is 12.3. The third-order valence-corrected chi connectivity index (χ3v) is 3.86. The van der Waals surface area contributed by atoms with Crippen LogP contribution < -0.4 is 14.2 Å². The molecule has 2 atom stereocenters. The number of morpholine rings is 1. The molecule has 6 heteroatoms. The van der Waals surface area contributed by atoms with E-state index in [1.54, 1.807) is 12.1 Å². The van der Waals surface area contributed by atoms with Crippen LogP contribution in [0.5, 0.6) is 17.2 Å². The van der Waals surface area contributed by atoms with Crippen LogP contribution in [0.25, 0.3) is 0 Å². The highest BCUT2D eigenvalue weighted by atomic mass is 16.5. The monoisotopic (exact) mass is 351 g/mol. The number of hydrogen-bond donors (Lipinski definition) is 0. The normalized spacial score (nSPS) is 20.3. The SMILES string of the molecule is CCOc1cc(C(=O)N2C[C@@H](C)O[C@H](C)C2)cc(OCC)c1OCC. The molecule has 0 spiro atoms. The molecule has 6 nitrogen and oxygen atoms in total. The number of nitrogens with zero attached hydrogens (tertiary/aromatic N) is 1. The van der Waals surface area contributed by atoms with Gasteiger partial charge in [0.25, 0.3) is 5.91 Å². The van der Waals surface area contributed by atoms with Crippen LogP contribution >= 0.6 is 0 Å². The molecule has 140 valence electrons. The summed E-state index contributed by atoms with van der Waals surface area (Å²) in [6, 6.07) is 3.48. The number of carbonyl (C=O) groups is 1. The summed E-state index contributed by atoms with van der Waals surface area (Å²) in [5.41, 5.74) is 0.539. The molecule has 1 heterocycles. The molecule has 0 unspecified atom stereocenters. The first-order valence-electron chi connectivity index (χ1n) is 9.01. The van der Waals surface area contributed by atoms with Gasteiger partial charge in [-0.2, -0.15) is 0 Å². The fourth-order valence-corrected chi connectivity index (χ4v) is 3.04. The van der Waals surface area contributed by atoms with Crippen LogP contribution in [0.1, 0.15) is 45.0 Å². The predicted octanol–water partition coefficient (Wildman–Crippen LogP) is 3.13. The van der Waals surface area contributed by atoms with E-state index >= 15 is 0 Å². The maximum Gasteiger partial charge on any atom is 0.254 e. The van der Waals surface area contributed by atoms with Gasteiger partial charge in [0, 0.05) is 18.7 Å². The summed E-state index contributed by atoms with van der Waals surface area (Å²) in [4.78, 5) is 14.8. The van der Waals surface area contributed by atoms with Gasteiger partial charge in [0.2, 0.25) is 5.75 Å². The predicted molar refractivity (Wildman–Crippen MR) is 95.9 cm³/mol. The zero-order chi connectivity index (χ0) is 18.4. The molecule has 2 rings (SSSR count). The van der Waals surface area contributed by atoms with Crippen LogP contribution in [0.15, 0.2) is 12.1 Å². The molecular weight excluding hydrogens is 322 g/mol. The Morgan fingerprint density at radius 3 is 1.92 bits per heavy atom. The van der Waals surface area contributed by atoms with Crippen LogP contribution in [0, 0.1) is 0 Å². The maximum atomic E-state index is 13.0. The van der Waals surface area contributed by atoms with Gasteiger partial charge in [-0.3, -0.25) is 4.79 Å². The van der Waals surface area contributed by atoms with Gasteiger partial charge < -0.3 is 23.8 Å². The summed E-state index contributed by atoms with van der Waals surface area (Å²) in [7, 11) is 0. The fraction of sp³-hybridized carbons (Fsp3) is 0.632. The van der Waals surface area contributed by atoms with Crippen LogP contribution in [0.4, 0.5) is 0 Å². The number of hydrogen-bond acceptors (Lipinski definition) is 5. The topological polar surface area (TPSA) is 57.2 Å². The van der Waals surface area contributed by atoms with Gasteiger partial charge in [-0.05, 0) is 46.8 Å². The van der Waals surface area contributed by atoms with Crippen molar-refractivity contribution in [3.05, 3.63) is 17.7 Å². The Balaban J connectivity index is 2.37. The van der Waals surface area contributed by atoms with Crippen LogP contribution in [-0.4, -0.2) is 55.9 Å². The Morgan fingerprint density at radius 1 is 1.00 bits per heavy atom. The van der Waals surface area contributed by atoms with Crippen molar-refractivity contribution < 1.29 is 23.7 Å². The van der Waals surface area contributed by atoms with E-state index in [2.05, 4.69) is 0 Å².